The molecule has 2 rings (SSSR count). The Morgan fingerprint density at radius 3 is 2.78 bits per heavy atom. The minimum atomic E-state index is -0.527. The predicted octanol–water partition coefficient (Wildman–Crippen LogP) is 0.711. The lowest BCUT2D eigenvalue weighted by molar-refractivity contribution is -0.126. The minimum Gasteiger partial charge on any atom is -0.390 e. The van der Waals surface area contributed by atoms with Crippen LogP contribution >= 0.6 is 0 Å². The number of likely N-dealkylation sites (N-methyl/N-ethyl adjacent to an activating group) is 1. The molecule has 4 nitrogen and oxygen atoms in total. The van der Waals surface area contributed by atoms with Gasteiger partial charge in [0.2, 0.25) is 5.91 Å². The second kappa shape index (κ2) is 5.08. The molecule has 0 unspecified atom stereocenters. The van der Waals surface area contributed by atoms with Crippen molar-refractivity contribution in [2.75, 3.05) is 14.1 Å². The van der Waals surface area contributed by atoms with E-state index < -0.39 is 6.10 Å². The van der Waals surface area contributed by atoms with Crippen LogP contribution in [0.25, 0.3) is 0 Å². The number of benzene rings is 1. The van der Waals surface area contributed by atoms with Crippen molar-refractivity contribution in [2.24, 2.45) is 0 Å². The van der Waals surface area contributed by atoms with Gasteiger partial charge in [0, 0.05) is 6.42 Å². The highest BCUT2D eigenvalue weighted by Crippen LogP contribution is 2.31. The van der Waals surface area contributed by atoms with Gasteiger partial charge < -0.3 is 10.4 Å². The number of rotatable bonds is 3. The molecule has 4 heteroatoms. The van der Waals surface area contributed by atoms with E-state index in [1.54, 1.807) is 0 Å². The van der Waals surface area contributed by atoms with E-state index in [0.29, 0.717) is 6.42 Å². The van der Waals surface area contributed by atoms with Gasteiger partial charge in [-0.05, 0) is 32.1 Å². The topological polar surface area (TPSA) is 52.6 Å². The Kier molecular flexibility index (Phi) is 3.68. The maximum absolute atomic E-state index is 12.0. The smallest absolute Gasteiger partial charge is 0.237 e. The van der Waals surface area contributed by atoms with Crippen LogP contribution in [0.2, 0.25) is 0 Å². The summed E-state index contributed by atoms with van der Waals surface area (Å²) in [6, 6.07) is 7.38. The van der Waals surface area contributed by atoms with E-state index in [0.717, 1.165) is 11.1 Å². The SMILES string of the molecule is C[C@@H](C(=O)N[C@@H]1c2ccccc2C[C@@H]1O)N(C)C. The Labute approximate surface area is 108 Å². The number of aliphatic hydroxyl groups excluding tert-OH is 1. The van der Waals surface area contributed by atoms with Gasteiger partial charge in [-0.1, -0.05) is 24.3 Å². The highest BCUT2D eigenvalue weighted by molar-refractivity contribution is 5.82. The monoisotopic (exact) mass is 248 g/mol. The molecule has 1 amide bonds. The fourth-order valence-electron chi connectivity index (χ4n) is 2.26. The Balaban J connectivity index is 2.13. The molecule has 3 atom stereocenters. The van der Waals surface area contributed by atoms with Crippen LogP contribution in [0, 0.1) is 0 Å². The van der Waals surface area contributed by atoms with Crippen LogP contribution in [-0.4, -0.2) is 42.2 Å². The minimum absolute atomic E-state index is 0.0549. The Hall–Kier alpha value is -1.39. The molecule has 0 saturated carbocycles. The van der Waals surface area contributed by atoms with Gasteiger partial charge in [0.25, 0.3) is 0 Å². The number of amides is 1. The van der Waals surface area contributed by atoms with Gasteiger partial charge >= 0.3 is 0 Å². The first-order valence-corrected chi connectivity index (χ1v) is 6.23. The summed E-state index contributed by atoms with van der Waals surface area (Å²) in [4.78, 5) is 13.9. The van der Waals surface area contributed by atoms with Gasteiger partial charge in [-0.25, -0.2) is 0 Å². The maximum atomic E-state index is 12.0. The first-order chi connectivity index (χ1) is 8.50. The lowest BCUT2D eigenvalue weighted by Gasteiger charge is -2.24. The van der Waals surface area contributed by atoms with E-state index in [1.807, 2.05) is 50.2 Å². The summed E-state index contributed by atoms with van der Waals surface area (Å²) in [5, 5.41) is 13.0. The van der Waals surface area contributed by atoms with Crippen LogP contribution in [0.4, 0.5) is 0 Å². The van der Waals surface area contributed by atoms with Crippen molar-refractivity contribution in [3.63, 3.8) is 0 Å². The zero-order valence-corrected chi connectivity index (χ0v) is 11.1. The summed E-state index contributed by atoms with van der Waals surface area (Å²) in [5.41, 5.74) is 2.15. The number of hydrogen-bond acceptors (Lipinski definition) is 3. The van der Waals surface area contributed by atoms with E-state index in [4.69, 9.17) is 0 Å². The molecule has 0 spiro atoms. The summed E-state index contributed by atoms with van der Waals surface area (Å²) in [7, 11) is 3.73. The third-order valence-corrected chi connectivity index (χ3v) is 3.66. The lowest BCUT2D eigenvalue weighted by Crippen LogP contribution is -2.44. The Bertz CT molecular complexity index is 445. The number of aliphatic hydroxyl groups is 1. The average Bonchev–Trinajstić information content (AvgIpc) is 2.65. The van der Waals surface area contributed by atoms with E-state index in [-0.39, 0.29) is 18.0 Å². The largest absolute Gasteiger partial charge is 0.390 e. The summed E-state index contributed by atoms with van der Waals surface area (Å²) in [6.45, 7) is 1.85. The Morgan fingerprint density at radius 1 is 1.44 bits per heavy atom. The zero-order valence-electron chi connectivity index (χ0n) is 11.1. The molecule has 98 valence electrons. The molecule has 1 aromatic carbocycles. The summed E-state index contributed by atoms with van der Waals surface area (Å²) >= 11 is 0. The maximum Gasteiger partial charge on any atom is 0.237 e. The van der Waals surface area contributed by atoms with Crippen LogP contribution in [-0.2, 0) is 11.2 Å². The molecule has 0 radical (unpaired) electrons. The van der Waals surface area contributed by atoms with Crippen LogP contribution in [0.3, 0.4) is 0 Å². The number of carbonyl (C=O) groups excluding carboxylic acids is 1. The molecular weight excluding hydrogens is 228 g/mol. The Morgan fingerprint density at radius 2 is 2.11 bits per heavy atom. The summed E-state index contributed by atoms with van der Waals surface area (Å²) in [5.74, 6) is -0.0549. The second-order valence-corrected chi connectivity index (χ2v) is 5.10. The first kappa shape index (κ1) is 13.1. The van der Waals surface area contributed by atoms with Crippen molar-refractivity contribution in [1.82, 2.24) is 10.2 Å². The number of fused-ring (bicyclic) bond motifs is 1. The molecule has 0 bridgehead atoms. The van der Waals surface area contributed by atoms with Gasteiger partial charge in [0.05, 0.1) is 18.2 Å². The van der Waals surface area contributed by atoms with Crippen molar-refractivity contribution in [3.05, 3.63) is 35.4 Å². The van der Waals surface area contributed by atoms with Gasteiger partial charge in [-0.15, -0.1) is 0 Å². The van der Waals surface area contributed by atoms with E-state index in [2.05, 4.69) is 5.32 Å². The normalized spacial score (nSPS) is 23.8. The van der Waals surface area contributed by atoms with Crippen LogP contribution in [0.5, 0.6) is 0 Å². The third-order valence-electron chi connectivity index (χ3n) is 3.66. The number of carbonyl (C=O) groups is 1. The highest BCUT2D eigenvalue weighted by Gasteiger charge is 2.32. The van der Waals surface area contributed by atoms with Gasteiger partial charge in [-0.2, -0.15) is 0 Å². The molecule has 0 heterocycles. The van der Waals surface area contributed by atoms with Crippen LogP contribution < -0.4 is 5.32 Å². The van der Waals surface area contributed by atoms with E-state index >= 15 is 0 Å². The second-order valence-electron chi connectivity index (χ2n) is 5.10. The summed E-state index contributed by atoms with van der Waals surface area (Å²) < 4.78 is 0. The van der Waals surface area contributed by atoms with Crippen LogP contribution in [0.15, 0.2) is 24.3 Å². The van der Waals surface area contributed by atoms with Crippen molar-refractivity contribution >= 4 is 5.91 Å². The number of hydrogen-bond donors (Lipinski definition) is 2. The molecule has 2 N–H and O–H groups in total. The molecule has 1 aliphatic carbocycles. The average molecular weight is 248 g/mol. The lowest BCUT2D eigenvalue weighted by atomic mass is 10.1. The molecule has 0 aromatic heterocycles. The predicted molar refractivity (Wildman–Crippen MR) is 70.2 cm³/mol. The number of nitrogens with zero attached hydrogens (tertiary/aromatic N) is 1. The van der Waals surface area contributed by atoms with E-state index in [1.165, 1.54) is 0 Å². The zero-order chi connectivity index (χ0) is 13.3. The standard InChI is InChI=1S/C14H20N2O2/c1-9(16(2)3)14(18)15-13-11-7-5-4-6-10(11)8-12(13)17/h4-7,9,12-13,17H,8H2,1-3H3,(H,15,18)/t9-,12-,13+/m0/s1. The molecule has 0 aliphatic heterocycles. The molecule has 0 saturated heterocycles. The van der Waals surface area contributed by atoms with Crippen molar-refractivity contribution < 1.29 is 9.90 Å². The van der Waals surface area contributed by atoms with Crippen molar-refractivity contribution in [3.8, 4) is 0 Å². The van der Waals surface area contributed by atoms with Crippen molar-refractivity contribution in [1.29, 1.82) is 0 Å². The fraction of sp³-hybridized carbons (Fsp3) is 0.500. The van der Waals surface area contributed by atoms with Crippen LogP contribution in [0.1, 0.15) is 24.1 Å². The molecular formula is C14H20N2O2. The van der Waals surface area contributed by atoms with E-state index in [9.17, 15) is 9.90 Å². The van der Waals surface area contributed by atoms with Gasteiger partial charge in [-0.3, -0.25) is 9.69 Å². The highest BCUT2D eigenvalue weighted by atomic mass is 16.3. The molecule has 0 fully saturated rings. The molecule has 18 heavy (non-hydrogen) atoms. The van der Waals surface area contributed by atoms with Gasteiger partial charge in [0.1, 0.15) is 0 Å². The molecule has 1 aromatic rings. The summed E-state index contributed by atoms with van der Waals surface area (Å²) in [6.07, 6.45) is 0.0815. The number of nitrogens with one attached hydrogen (secondary N) is 1. The fourth-order valence-corrected chi connectivity index (χ4v) is 2.26. The third kappa shape index (κ3) is 2.40. The quantitative estimate of drug-likeness (QED) is 0.828. The van der Waals surface area contributed by atoms with Gasteiger partial charge in [0.15, 0.2) is 0 Å². The van der Waals surface area contributed by atoms with Crippen molar-refractivity contribution in [2.45, 2.75) is 31.5 Å². The first-order valence-electron chi connectivity index (χ1n) is 6.23. The molecule has 1 aliphatic rings.